The number of aliphatic hydroxyl groups excluding tert-OH is 1. The molecule has 0 fully saturated rings. The van der Waals surface area contributed by atoms with E-state index in [9.17, 15) is 4.79 Å². The Morgan fingerprint density at radius 3 is 2.50 bits per heavy atom. The van der Waals surface area contributed by atoms with Crippen LogP contribution in [0.5, 0.6) is 0 Å². The van der Waals surface area contributed by atoms with Gasteiger partial charge in [-0.2, -0.15) is 0 Å². The number of hydrogen-bond donors (Lipinski definition) is 1. The molecule has 0 saturated heterocycles. The van der Waals surface area contributed by atoms with Crippen molar-refractivity contribution in [3.63, 3.8) is 0 Å². The Morgan fingerprint density at radius 1 is 1.88 bits per heavy atom. The van der Waals surface area contributed by atoms with Crippen LogP contribution < -0.4 is 0 Å². The van der Waals surface area contributed by atoms with Gasteiger partial charge in [0.1, 0.15) is 8.15 Å². The minimum absolute atomic E-state index is 0.0467. The Hall–Kier alpha value is -0.140. The third-order valence-electron chi connectivity index (χ3n) is 0.484. The van der Waals surface area contributed by atoms with Gasteiger partial charge < -0.3 is 9.63 Å². The minimum Gasteiger partial charge on any atom is -0.443 e. The molecular formula is C4H9O3P. The van der Waals surface area contributed by atoms with Gasteiger partial charge in [0, 0.05) is 6.92 Å². The van der Waals surface area contributed by atoms with Crippen molar-refractivity contribution in [3.05, 3.63) is 0 Å². The van der Waals surface area contributed by atoms with Crippen molar-refractivity contribution < 1.29 is 14.4 Å². The summed E-state index contributed by atoms with van der Waals surface area (Å²) in [5.74, 6) is -0.326. The average molecular weight is 136 g/mol. The highest BCUT2D eigenvalue weighted by Gasteiger charge is 2.00. The molecule has 0 aromatic rings. The van der Waals surface area contributed by atoms with Gasteiger partial charge in [-0.05, 0) is 6.66 Å². The normalized spacial score (nSPS) is 12.9. The van der Waals surface area contributed by atoms with Gasteiger partial charge >= 0.3 is 5.97 Å². The highest BCUT2D eigenvalue weighted by Crippen LogP contribution is 2.29. The molecule has 0 aliphatic heterocycles. The second kappa shape index (κ2) is 3.81. The molecule has 0 aliphatic carbocycles. The molecule has 0 aromatic carbocycles. The fourth-order valence-corrected chi connectivity index (χ4v) is 0.745. The molecule has 4 heteroatoms. The number of carbonyl (C=O) groups excluding carboxylic acids is 1. The molecule has 0 aromatic heterocycles. The molecule has 1 unspecified atom stereocenters. The van der Waals surface area contributed by atoms with E-state index >= 15 is 0 Å². The largest absolute Gasteiger partial charge is 0.443 e. The molecule has 1 atom stereocenters. The summed E-state index contributed by atoms with van der Waals surface area (Å²) in [5.41, 5.74) is 0. The summed E-state index contributed by atoms with van der Waals surface area (Å²) in [6, 6.07) is 0. The van der Waals surface area contributed by atoms with Crippen molar-refractivity contribution in [2.24, 2.45) is 0 Å². The van der Waals surface area contributed by atoms with Gasteiger partial charge in [0.05, 0.1) is 6.35 Å². The molecule has 0 saturated carbocycles. The lowest BCUT2D eigenvalue weighted by Gasteiger charge is -2.05. The lowest BCUT2D eigenvalue weighted by atomic mass is 10.9. The Morgan fingerprint density at radius 2 is 2.38 bits per heavy atom. The smallest absolute Gasteiger partial charge is 0.305 e. The molecule has 0 heterocycles. The predicted octanol–water partition coefficient (Wildman–Crippen LogP) is 0.526. The second-order valence-corrected chi connectivity index (χ2v) is 3.07. The zero-order chi connectivity index (χ0) is 6.57. The molecule has 0 aliphatic rings. The van der Waals surface area contributed by atoms with E-state index in [0.29, 0.717) is 0 Å². The van der Waals surface area contributed by atoms with Crippen molar-refractivity contribution in [3.8, 4) is 0 Å². The third kappa shape index (κ3) is 4.03. The van der Waals surface area contributed by atoms with Crippen LogP contribution in [0.3, 0.4) is 0 Å². The number of aliphatic hydroxyl groups is 1. The summed E-state index contributed by atoms with van der Waals surface area (Å²) in [6.45, 7) is 3.02. The molecule has 0 amide bonds. The van der Waals surface area contributed by atoms with Gasteiger partial charge in [-0.1, -0.05) is 0 Å². The van der Waals surface area contributed by atoms with Gasteiger partial charge in [0.25, 0.3) is 0 Å². The van der Waals surface area contributed by atoms with Crippen LogP contribution in [0.15, 0.2) is 0 Å². The quantitative estimate of drug-likeness (QED) is 0.563. The first-order valence-corrected chi connectivity index (χ1v) is 4.06. The standard InChI is InChI=1S/C4H9O3P/c1-4(6)7-8(2)3-5/h5H,3H2,1-2H3. The predicted molar refractivity (Wildman–Crippen MR) is 31.7 cm³/mol. The summed E-state index contributed by atoms with van der Waals surface area (Å²) in [7, 11) is -0.912. The maximum Gasteiger partial charge on any atom is 0.305 e. The second-order valence-electron chi connectivity index (χ2n) is 1.35. The molecular weight excluding hydrogens is 127 g/mol. The Labute approximate surface area is 49.5 Å². The van der Waals surface area contributed by atoms with E-state index in [1.54, 1.807) is 6.66 Å². The van der Waals surface area contributed by atoms with Crippen molar-refractivity contribution in [2.75, 3.05) is 13.0 Å². The van der Waals surface area contributed by atoms with Crippen molar-refractivity contribution >= 4 is 14.1 Å². The maximum atomic E-state index is 10.1. The van der Waals surface area contributed by atoms with Crippen LogP contribution in [0.1, 0.15) is 6.92 Å². The van der Waals surface area contributed by atoms with Gasteiger partial charge in [-0.15, -0.1) is 0 Å². The fraction of sp³-hybridized carbons (Fsp3) is 0.750. The maximum absolute atomic E-state index is 10.1. The van der Waals surface area contributed by atoms with Crippen LogP contribution in [0.2, 0.25) is 0 Å². The van der Waals surface area contributed by atoms with Crippen molar-refractivity contribution in [2.45, 2.75) is 6.92 Å². The lowest BCUT2D eigenvalue weighted by Crippen LogP contribution is -1.93. The summed E-state index contributed by atoms with van der Waals surface area (Å²) >= 11 is 0. The third-order valence-corrected chi connectivity index (χ3v) is 1.45. The average Bonchev–Trinajstić information content (AvgIpc) is 1.65. The lowest BCUT2D eigenvalue weighted by molar-refractivity contribution is -0.131. The Kier molecular flexibility index (Phi) is 3.75. The van der Waals surface area contributed by atoms with Crippen LogP contribution >= 0.6 is 8.15 Å². The first-order chi connectivity index (χ1) is 3.66. The van der Waals surface area contributed by atoms with E-state index in [2.05, 4.69) is 4.52 Å². The topological polar surface area (TPSA) is 46.5 Å². The highest BCUT2D eigenvalue weighted by atomic mass is 31.1. The molecule has 8 heavy (non-hydrogen) atoms. The fourth-order valence-electron chi connectivity index (χ4n) is 0.248. The molecule has 0 bridgehead atoms. The van der Waals surface area contributed by atoms with E-state index in [4.69, 9.17) is 5.11 Å². The molecule has 0 rings (SSSR count). The summed E-state index contributed by atoms with van der Waals surface area (Å²) in [6.07, 6.45) is -0.0467. The summed E-state index contributed by atoms with van der Waals surface area (Å²) in [5, 5.41) is 8.34. The van der Waals surface area contributed by atoms with Crippen molar-refractivity contribution in [1.29, 1.82) is 0 Å². The van der Waals surface area contributed by atoms with Crippen LogP contribution in [-0.4, -0.2) is 24.1 Å². The SMILES string of the molecule is CC(=O)OP(C)CO. The van der Waals surface area contributed by atoms with Gasteiger partial charge in [0.2, 0.25) is 0 Å². The molecule has 3 nitrogen and oxygen atoms in total. The summed E-state index contributed by atoms with van der Waals surface area (Å²) in [4.78, 5) is 10.1. The van der Waals surface area contributed by atoms with Crippen LogP contribution in [0, 0.1) is 0 Å². The first kappa shape index (κ1) is 7.86. The highest BCUT2D eigenvalue weighted by molar-refractivity contribution is 7.51. The van der Waals surface area contributed by atoms with E-state index in [-0.39, 0.29) is 12.3 Å². The summed E-state index contributed by atoms with van der Waals surface area (Å²) < 4.78 is 4.58. The van der Waals surface area contributed by atoms with Gasteiger partial charge in [-0.3, -0.25) is 4.79 Å². The van der Waals surface area contributed by atoms with Crippen LogP contribution in [-0.2, 0) is 9.32 Å². The zero-order valence-electron chi connectivity index (χ0n) is 4.92. The first-order valence-electron chi connectivity index (χ1n) is 2.17. The number of hydrogen-bond acceptors (Lipinski definition) is 3. The Balaban J connectivity index is 3.24. The molecule has 0 radical (unpaired) electrons. The monoisotopic (exact) mass is 136 g/mol. The number of carbonyl (C=O) groups is 1. The van der Waals surface area contributed by atoms with Crippen molar-refractivity contribution in [1.82, 2.24) is 0 Å². The van der Waals surface area contributed by atoms with Crippen LogP contribution in [0.25, 0.3) is 0 Å². The van der Waals surface area contributed by atoms with E-state index in [1.165, 1.54) is 6.92 Å². The van der Waals surface area contributed by atoms with Gasteiger partial charge in [0.15, 0.2) is 0 Å². The van der Waals surface area contributed by atoms with E-state index in [1.807, 2.05) is 0 Å². The molecule has 1 N–H and O–H groups in total. The van der Waals surface area contributed by atoms with Crippen LogP contribution in [0.4, 0.5) is 0 Å². The zero-order valence-corrected chi connectivity index (χ0v) is 5.81. The van der Waals surface area contributed by atoms with Gasteiger partial charge in [-0.25, -0.2) is 0 Å². The molecule has 48 valence electrons. The minimum atomic E-state index is -0.912. The molecule has 0 spiro atoms. The van der Waals surface area contributed by atoms with E-state index < -0.39 is 8.15 Å². The Bertz CT molecular complexity index is 83.4. The number of rotatable bonds is 2. The van der Waals surface area contributed by atoms with E-state index in [0.717, 1.165) is 0 Å².